The van der Waals surface area contributed by atoms with Crippen LogP contribution in [0.2, 0.25) is 0 Å². The lowest BCUT2D eigenvalue weighted by Gasteiger charge is -2.46. The summed E-state index contributed by atoms with van der Waals surface area (Å²) in [5.74, 6) is 1.64. The Bertz CT molecular complexity index is 1540. The number of para-hydroxylation sites is 4. The van der Waals surface area contributed by atoms with Crippen LogP contribution in [0.4, 0.5) is 23.0 Å². The Morgan fingerprint density at radius 3 is 1.08 bits per heavy atom. The van der Waals surface area contributed by atoms with Gasteiger partial charge in [0.1, 0.15) is 0 Å². The van der Waals surface area contributed by atoms with Gasteiger partial charge in [0.15, 0.2) is 17.3 Å². The van der Waals surface area contributed by atoms with Crippen LogP contribution in [0.3, 0.4) is 0 Å². The van der Waals surface area contributed by atoms with Crippen molar-refractivity contribution in [1.82, 2.24) is 9.97 Å². The summed E-state index contributed by atoms with van der Waals surface area (Å²) in [6, 6.07) is 50.4. The van der Waals surface area contributed by atoms with E-state index in [1.165, 1.54) is 0 Å². The first-order valence-electron chi connectivity index (χ1n) is 12.5. The van der Waals surface area contributed by atoms with Gasteiger partial charge in [-0.05, 0) is 36.4 Å². The van der Waals surface area contributed by atoms with E-state index in [-0.39, 0.29) is 0 Å². The number of hydrogen-bond acceptors (Lipinski definition) is 4. The average Bonchev–Trinajstić information content (AvgIpc) is 3.28. The first-order chi connectivity index (χ1) is 18.4. The zero-order valence-corrected chi connectivity index (χ0v) is 20.1. The van der Waals surface area contributed by atoms with Gasteiger partial charge in [-0.25, -0.2) is 9.97 Å². The highest BCUT2D eigenvalue weighted by molar-refractivity contribution is 5.93. The summed E-state index contributed by atoms with van der Waals surface area (Å²) >= 11 is 0. The smallest absolute Gasteiger partial charge is 0.180 e. The van der Waals surface area contributed by atoms with E-state index in [1.807, 2.05) is 36.4 Å². The number of hydrogen-bond donors (Lipinski definition) is 0. The zero-order valence-electron chi connectivity index (χ0n) is 20.1. The molecule has 0 aliphatic carbocycles. The van der Waals surface area contributed by atoms with Gasteiger partial charge in [-0.3, -0.25) is 9.80 Å². The van der Waals surface area contributed by atoms with Gasteiger partial charge in [0.25, 0.3) is 0 Å². The second-order valence-corrected chi connectivity index (χ2v) is 9.11. The standard InChI is InChI=1S/C33H24N4/c1-5-15-25(16-6-1)33(26-17-7-2-8-18-26)36(27-19-9-3-10-20-27)31-32(37(33)28-21-11-4-12-22-28)35-30-24-14-13-23-29(30)34-31/h1-24H. The van der Waals surface area contributed by atoms with Crippen molar-refractivity contribution in [3.63, 3.8) is 0 Å². The van der Waals surface area contributed by atoms with E-state index >= 15 is 0 Å². The van der Waals surface area contributed by atoms with E-state index in [9.17, 15) is 0 Å². The summed E-state index contributed by atoms with van der Waals surface area (Å²) in [5, 5.41) is 0. The molecule has 0 amide bonds. The molecule has 5 aromatic carbocycles. The molecule has 4 nitrogen and oxygen atoms in total. The molecule has 1 aliphatic heterocycles. The maximum absolute atomic E-state index is 5.26. The topological polar surface area (TPSA) is 32.3 Å². The number of fused-ring (bicyclic) bond motifs is 2. The summed E-state index contributed by atoms with van der Waals surface area (Å²) in [6.07, 6.45) is 0. The second kappa shape index (κ2) is 8.61. The van der Waals surface area contributed by atoms with Crippen molar-refractivity contribution in [2.24, 2.45) is 0 Å². The lowest BCUT2D eigenvalue weighted by atomic mass is 9.87. The number of benzene rings is 5. The summed E-state index contributed by atoms with van der Waals surface area (Å²) in [4.78, 5) is 15.2. The number of aromatic nitrogens is 2. The number of nitrogens with zero attached hydrogens (tertiary/aromatic N) is 4. The molecule has 0 saturated heterocycles. The van der Waals surface area contributed by atoms with Crippen molar-refractivity contribution in [2.45, 2.75) is 5.66 Å². The Hall–Kier alpha value is -4.96. The van der Waals surface area contributed by atoms with Crippen LogP contribution in [-0.4, -0.2) is 9.97 Å². The highest BCUT2D eigenvalue weighted by Crippen LogP contribution is 2.58. The predicted molar refractivity (Wildman–Crippen MR) is 150 cm³/mol. The van der Waals surface area contributed by atoms with Gasteiger partial charge in [-0.2, -0.15) is 0 Å². The predicted octanol–water partition coefficient (Wildman–Crippen LogP) is 7.82. The van der Waals surface area contributed by atoms with E-state index in [0.29, 0.717) is 0 Å². The molecule has 1 aliphatic rings. The third kappa shape index (κ3) is 3.23. The molecule has 37 heavy (non-hydrogen) atoms. The fraction of sp³-hybridized carbons (Fsp3) is 0.0303. The molecule has 176 valence electrons. The minimum absolute atomic E-state index is 0.773. The zero-order chi connectivity index (χ0) is 24.7. The molecule has 0 bridgehead atoms. The first kappa shape index (κ1) is 21.3. The highest BCUT2D eigenvalue weighted by atomic mass is 15.5. The second-order valence-electron chi connectivity index (χ2n) is 9.11. The van der Waals surface area contributed by atoms with Crippen molar-refractivity contribution in [1.29, 1.82) is 0 Å². The highest BCUT2D eigenvalue weighted by Gasteiger charge is 2.55. The van der Waals surface area contributed by atoms with E-state index in [4.69, 9.17) is 9.97 Å². The fourth-order valence-electron chi connectivity index (χ4n) is 5.48. The van der Waals surface area contributed by atoms with Crippen molar-refractivity contribution in [2.75, 3.05) is 9.80 Å². The molecule has 4 heteroatoms. The molecule has 0 spiro atoms. The van der Waals surface area contributed by atoms with Gasteiger partial charge < -0.3 is 0 Å². The normalized spacial score (nSPS) is 14.1. The summed E-state index contributed by atoms with van der Waals surface area (Å²) in [6.45, 7) is 0. The average molecular weight is 477 g/mol. The molecule has 0 atom stereocenters. The summed E-state index contributed by atoms with van der Waals surface area (Å²) in [7, 11) is 0. The van der Waals surface area contributed by atoms with Crippen LogP contribution in [0.15, 0.2) is 146 Å². The maximum Gasteiger partial charge on any atom is 0.180 e. The van der Waals surface area contributed by atoms with E-state index < -0.39 is 5.66 Å². The van der Waals surface area contributed by atoms with E-state index in [2.05, 4.69) is 119 Å². The lowest BCUT2D eigenvalue weighted by molar-refractivity contribution is 0.556. The Labute approximate surface area is 216 Å². The fourth-order valence-corrected chi connectivity index (χ4v) is 5.48. The van der Waals surface area contributed by atoms with Gasteiger partial charge >= 0.3 is 0 Å². The SMILES string of the molecule is c1ccc(N2c3nc4ccccc4nc3N(c3ccccc3)C2(c2ccccc2)c2ccccc2)cc1. The molecule has 0 fully saturated rings. The van der Waals surface area contributed by atoms with Gasteiger partial charge in [-0.15, -0.1) is 0 Å². The van der Waals surface area contributed by atoms with Crippen LogP contribution in [0.5, 0.6) is 0 Å². The molecule has 7 rings (SSSR count). The van der Waals surface area contributed by atoms with Crippen LogP contribution in [-0.2, 0) is 5.66 Å². The molecule has 2 heterocycles. The van der Waals surface area contributed by atoms with Crippen molar-refractivity contribution in [3.05, 3.63) is 157 Å². The minimum atomic E-state index is -0.773. The Morgan fingerprint density at radius 2 is 0.703 bits per heavy atom. The summed E-state index contributed by atoms with van der Waals surface area (Å²) < 4.78 is 0. The summed E-state index contributed by atoms with van der Waals surface area (Å²) in [5.41, 5.74) is 5.29. The third-order valence-electron chi connectivity index (χ3n) is 6.99. The Balaban J connectivity index is 1.68. The molecule has 0 unspecified atom stereocenters. The van der Waals surface area contributed by atoms with Crippen LogP contribution in [0, 0.1) is 0 Å². The van der Waals surface area contributed by atoms with Gasteiger partial charge in [0.2, 0.25) is 0 Å². The molecule has 0 N–H and O–H groups in total. The number of anilines is 4. The van der Waals surface area contributed by atoms with Gasteiger partial charge in [0, 0.05) is 22.5 Å². The lowest BCUT2D eigenvalue weighted by Crippen LogP contribution is -2.51. The van der Waals surface area contributed by atoms with E-state index in [1.54, 1.807) is 0 Å². The van der Waals surface area contributed by atoms with Gasteiger partial charge in [0.05, 0.1) is 11.0 Å². The van der Waals surface area contributed by atoms with E-state index in [0.717, 1.165) is 45.2 Å². The molecule has 0 saturated carbocycles. The molecular formula is C33H24N4. The maximum atomic E-state index is 5.26. The Kier molecular flexibility index (Phi) is 4.96. The molecular weight excluding hydrogens is 452 g/mol. The van der Waals surface area contributed by atoms with Crippen molar-refractivity contribution in [3.8, 4) is 0 Å². The van der Waals surface area contributed by atoms with Crippen molar-refractivity contribution >= 4 is 34.0 Å². The quantitative estimate of drug-likeness (QED) is 0.260. The Morgan fingerprint density at radius 1 is 0.378 bits per heavy atom. The first-order valence-corrected chi connectivity index (χ1v) is 12.5. The van der Waals surface area contributed by atoms with Crippen LogP contribution in [0.1, 0.15) is 11.1 Å². The van der Waals surface area contributed by atoms with Gasteiger partial charge in [-0.1, -0.05) is 109 Å². The minimum Gasteiger partial charge on any atom is -0.291 e. The molecule has 1 aromatic heterocycles. The molecule has 0 radical (unpaired) electrons. The van der Waals surface area contributed by atoms with Crippen molar-refractivity contribution < 1.29 is 0 Å². The monoisotopic (exact) mass is 476 g/mol. The van der Waals surface area contributed by atoms with Crippen LogP contribution < -0.4 is 9.80 Å². The van der Waals surface area contributed by atoms with Crippen LogP contribution in [0.25, 0.3) is 11.0 Å². The number of rotatable bonds is 4. The van der Waals surface area contributed by atoms with Crippen LogP contribution >= 0.6 is 0 Å². The third-order valence-corrected chi connectivity index (χ3v) is 6.99. The molecule has 6 aromatic rings. The largest absolute Gasteiger partial charge is 0.291 e.